The zero-order chi connectivity index (χ0) is 15.7. The molecule has 1 fully saturated rings. The number of hydrogen-bond donors (Lipinski definition) is 2. The predicted molar refractivity (Wildman–Crippen MR) is 81.8 cm³/mol. The van der Waals surface area contributed by atoms with Crippen molar-refractivity contribution in [2.45, 2.75) is 51.4 Å². The molecule has 0 bridgehead atoms. The number of carbonyl (C=O) groups excluding carboxylic acids is 1. The normalized spacial score (nSPS) is 25.2. The number of aliphatic hydroxyl groups excluding tert-OH is 1. The van der Waals surface area contributed by atoms with Crippen LogP contribution < -0.4 is 10.1 Å². The number of aryl methyl sites for hydroxylation is 1. The third-order valence-corrected chi connectivity index (χ3v) is 4.39. The minimum atomic E-state index is -0.633. The number of hydrogen-bond acceptors (Lipinski definition) is 4. The van der Waals surface area contributed by atoms with Crippen molar-refractivity contribution in [2.75, 3.05) is 13.2 Å². The number of benzene rings is 1. The summed E-state index contributed by atoms with van der Waals surface area (Å²) in [5.74, 6) is 0.772. The Balaban J connectivity index is 1.93. The first kappa shape index (κ1) is 15.3. The first-order valence-corrected chi connectivity index (χ1v) is 7.90. The summed E-state index contributed by atoms with van der Waals surface area (Å²) in [5.41, 5.74) is 2.78. The Bertz CT molecular complexity index is 566. The molecule has 0 spiro atoms. The standard InChI is InChI=1S/C17H23NO4/c1-10-8-12(16(20)15-4-3-6-21-15)9-13-14(18-11(2)19)5-7-22-17(10)13/h8-9,14-16,20H,3-7H2,1-2H3,(H,18,19). The summed E-state index contributed by atoms with van der Waals surface area (Å²) >= 11 is 0. The van der Waals surface area contributed by atoms with Crippen LogP contribution in [0.1, 0.15) is 55.0 Å². The highest BCUT2D eigenvalue weighted by atomic mass is 16.5. The van der Waals surface area contributed by atoms with E-state index in [4.69, 9.17) is 9.47 Å². The van der Waals surface area contributed by atoms with E-state index in [0.717, 1.165) is 41.7 Å². The summed E-state index contributed by atoms with van der Waals surface area (Å²) < 4.78 is 11.4. The molecule has 1 saturated heterocycles. The first-order valence-electron chi connectivity index (χ1n) is 7.90. The monoisotopic (exact) mass is 305 g/mol. The number of aliphatic hydroxyl groups is 1. The van der Waals surface area contributed by atoms with Crippen LogP contribution in [0.5, 0.6) is 5.75 Å². The van der Waals surface area contributed by atoms with Gasteiger partial charge in [-0.25, -0.2) is 0 Å². The van der Waals surface area contributed by atoms with Crippen LogP contribution >= 0.6 is 0 Å². The van der Waals surface area contributed by atoms with Crippen LogP contribution in [-0.4, -0.2) is 30.3 Å². The Hall–Kier alpha value is -1.59. The largest absolute Gasteiger partial charge is 0.493 e. The average Bonchev–Trinajstić information content (AvgIpc) is 3.01. The fourth-order valence-electron chi connectivity index (χ4n) is 3.35. The molecule has 22 heavy (non-hydrogen) atoms. The highest BCUT2D eigenvalue weighted by Crippen LogP contribution is 2.38. The number of amides is 1. The molecule has 3 atom stereocenters. The van der Waals surface area contributed by atoms with Gasteiger partial charge in [-0.05, 0) is 43.0 Å². The van der Waals surface area contributed by atoms with E-state index in [9.17, 15) is 9.90 Å². The maximum atomic E-state index is 11.4. The van der Waals surface area contributed by atoms with Gasteiger partial charge in [0.2, 0.25) is 5.91 Å². The van der Waals surface area contributed by atoms with Crippen molar-refractivity contribution in [3.8, 4) is 5.75 Å². The second-order valence-corrected chi connectivity index (χ2v) is 6.14. The van der Waals surface area contributed by atoms with E-state index in [2.05, 4.69) is 5.32 Å². The third kappa shape index (κ3) is 2.96. The second-order valence-electron chi connectivity index (χ2n) is 6.14. The molecular weight excluding hydrogens is 282 g/mol. The van der Waals surface area contributed by atoms with Gasteiger partial charge in [-0.15, -0.1) is 0 Å². The molecule has 120 valence electrons. The van der Waals surface area contributed by atoms with Gasteiger partial charge in [-0.3, -0.25) is 4.79 Å². The van der Waals surface area contributed by atoms with E-state index in [-0.39, 0.29) is 18.1 Å². The number of carbonyl (C=O) groups is 1. The number of nitrogens with one attached hydrogen (secondary N) is 1. The van der Waals surface area contributed by atoms with Crippen molar-refractivity contribution < 1.29 is 19.4 Å². The van der Waals surface area contributed by atoms with Crippen molar-refractivity contribution in [1.29, 1.82) is 0 Å². The number of fused-ring (bicyclic) bond motifs is 1. The molecule has 0 aliphatic carbocycles. The number of rotatable bonds is 3. The van der Waals surface area contributed by atoms with Crippen LogP contribution in [-0.2, 0) is 9.53 Å². The van der Waals surface area contributed by atoms with Gasteiger partial charge < -0.3 is 19.9 Å². The van der Waals surface area contributed by atoms with Gasteiger partial charge in [-0.1, -0.05) is 0 Å². The maximum absolute atomic E-state index is 11.4. The summed E-state index contributed by atoms with van der Waals surface area (Å²) in [6.45, 7) is 4.80. The van der Waals surface area contributed by atoms with Crippen LogP contribution in [0.15, 0.2) is 12.1 Å². The van der Waals surface area contributed by atoms with Gasteiger partial charge >= 0.3 is 0 Å². The van der Waals surface area contributed by atoms with Crippen molar-refractivity contribution in [2.24, 2.45) is 0 Å². The van der Waals surface area contributed by atoms with Gasteiger partial charge in [0.15, 0.2) is 0 Å². The summed E-state index contributed by atoms with van der Waals surface area (Å²) in [6, 6.07) is 3.85. The fourth-order valence-corrected chi connectivity index (χ4v) is 3.35. The Labute approximate surface area is 130 Å². The van der Waals surface area contributed by atoms with Gasteiger partial charge in [0.05, 0.1) is 18.8 Å². The zero-order valence-electron chi connectivity index (χ0n) is 13.1. The van der Waals surface area contributed by atoms with Crippen molar-refractivity contribution >= 4 is 5.91 Å². The molecule has 3 rings (SSSR count). The van der Waals surface area contributed by atoms with Crippen molar-refractivity contribution in [1.82, 2.24) is 5.32 Å². The molecule has 2 N–H and O–H groups in total. The van der Waals surface area contributed by atoms with Crippen molar-refractivity contribution in [3.63, 3.8) is 0 Å². The van der Waals surface area contributed by atoms with Gasteiger partial charge in [0.1, 0.15) is 11.9 Å². The molecule has 1 amide bonds. The maximum Gasteiger partial charge on any atom is 0.217 e. The van der Waals surface area contributed by atoms with E-state index >= 15 is 0 Å². The molecule has 1 aromatic rings. The lowest BCUT2D eigenvalue weighted by atomic mass is 9.92. The van der Waals surface area contributed by atoms with Gasteiger partial charge in [-0.2, -0.15) is 0 Å². The lowest BCUT2D eigenvalue weighted by Crippen LogP contribution is -2.31. The van der Waals surface area contributed by atoms with E-state index in [1.807, 2.05) is 19.1 Å². The van der Waals surface area contributed by atoms with E-state index in [0.29, 0.717) is 13.2 Å². The molecule has 0 radical (unpaired) electrons. The topological polar surface area (TPSA) is 67.8 Å². The molecule has 5 heteroatoms. The summed E-state index contributed by atoms with van der Waals surface area (Å²) in [5, 5.41) is 13.5. The van der Waals surface area contributed by atoms with Crippen LogP contribution in [0, 0.1) is 6.92 Å². The van der Waals surface area contributed by atoms with E-state index in [1.54, 1.807) is 0 Å². The van der Waals surface area contributed by atoms with Crippen LogP contribution in [0.2, 0.25) is 0 Å². The van der Waals surface area contributed by atoms with Gasteiger partial charge in [0.25, 0.3) is 0 Å². The average molecular weight is 305 g/mol. The van der Waals surface area contributed by atoms with E-state index < -0.39 is 6.10 Å². The van der Waals surface area contributed by atoms with Gasteiger partial charge in [0, 0.05) is 25.5 Å². The van der Waals surface area contributed by atoms with E-state index in [1.165, 1.54) is 6.92 Å². The molecule has 1 aromatic carbocycles. The molecular formula is C17H23NO4. The Morgan fingerprint density at radius 2 is 2.18 bits per heavy atom. The summed E-state index contributed by atoms with van der Waals surface area (Å²) in [7, 11) is 0. The Morgan fingerprint density at radius 3 is 2.86 bits per heavy atom. The summed E-state index contributed by atoms with van der Waals surface area (Å²) in [4.78, 5) is 11.4. The molecule has 3 unspecified atom stereocenters. The van der Waals surface area contributed by atoms with Crippen LogP contribution in [0.4, 0.5) is 0 Å². The first-order chi connectivity index (χ1) is 10.6. The second kappa shape index (κ2) is 6.26. The lowest BCUT2D eigenvalue weighted by molar-refractivity contribution is -0.119. The van der Waals surface area contributed by atoms with Crippen molar-refractivity contribution in [3.05, 3.63) is 28.8 Å². The molecule has 0 aromatic heterocycles. The molecule has 2 heterocycles. The van der Waals surface area contributed by atoms with Crippen LogP contribution in [0.3, 0.4) is 0 Å². The zero-order valence-corrected chi connectivity index (χ0v) is 13.1. The molecule has 0 saturated carbocycles. The predicted octanol–water partition coefficient (Wildman–Crippen LogP) is 2.17. The minimum Gasteiger partial charge on any atom is -0.493 e. The lowest BCUT2D eigenvalue weighted by Gasteiger charge is -2.29. The Kier molecular flexibility index (Phi) is 4.36. The molecule has 5 nitrogen and oxygen atoms in total. The Morgan fingerprint density at radius 1 is 1.36 bits per heavy atom. The summed E-state index contributed by atoms with van der Waals surface area (Å²) in [6.07, 6.45) is 1.84. The quantitative estimate of drug-likeness (QED) is 0.898. The highest BCUT2D eigenvalue weighted by Gasteiger charge is 2.29. The highest BCUT2D eigenvalue weighted by molar-refractivity contribution is 5.73. The number of ether oxygens (including phenoxy) is 2. The SMILES string of the molecule is CC(=O)NC1CCOc2c(C)cc(C(O)C3CCCO3)cc21. The fraction of sp³-hybridized carbons (Fsp3) is 0.588. The minimum absolute atomic E-state index is 0.0550. The third-order valence-electron chi connectivity index (χ3n) is 4.39. The molecule has 2 aliphatic rings. The smallest absolute Gasteiger partial charge is 0.217 e. The molecule has 2 aliphatic heterocycles. The van der Waals surface area contributed by atoms with Crippen LogP contribution in [0.25, 0.3) is 0 Å².